The van der Waals surface area contributed by atoms with E-state index in [1.807, 2.05) is 0 Å². The van der Waals surface area contributed by atoms with Gasteiger partial charge in [0.2, 0.25) is 0 Å². The SMILES string of the molecule is CN1CCC(NC2CCN(Cc3ccccc3)CC2)C1. The molecule has 3 heteroatoms. The predicted molar refractivity (Wildman–Crippen MR) is 83.8 cm³/mol. The van der Waals surface area contributed by atoms with Crippen molar-refractivity contribution in [3.8, 4) is 0 Å². The summed E-state index contributed by atoms with van der Waals surface area (Å²) in [5, 5.41) is 3.86. The number of benzene rings is 1. The number of nitrogens with one attached hydrogen (secondary N) is 1. The molecule has 2 aliphatic heterocycles. The quantitative estimate of drug-likeness (QED) is 0.904. The molecule has 2 heterocycles. The molecule has 110 valence electrons. The highest BCUT2D eigenvalue weighted by molar-refractivity contribution is 5.14. The second-order valence-corrected chi connectivity index (χ2v) is 6.45. The van der Waals surface area contributed by atoms with Crippen molar-refractivity contribution in [1.29, 1.82) is 0 Å². The molecule has 0 aromatic heterocycles. The number of rotatable bonds is 4. The third-order valence-corrected chi connectivity index (χ3v) is 4.70. The van der Waals surface area contributed by atoms with Crippen LogP contribution >= 0.6 is 0 Å². The largest absolute Gasteiger partial charge is 0.310 e. The standard InChI is InChI=1S/C17H27N3/c1-19-10-7-17(14-19)18-16-8-11-20(12-9-16)13-15-5-3-2-4-6-15/h2-6,16-18H,7-14H2,1H3. The molecule has 0 spiro atoms. The Labute approximate surface area is 123 Å². The first kappa shape index (κ1) is 14.1. The van der Waals surface area contributed by atoms with Crippen molar-refractivity contribution in [2.24, 2.45) is 0 Å². The maximum absolute atomic E-state index is 3.86. The smallest absolute Gasteiger partial charge is 0.0233 e. The zero-order valence-corrected chi connectivity index (χ0v) is 12.6. The average Bonchev–Trinajstić information content (AvgIpc) is 2.88. The first-order chi connectivity index (χ1) is 9.79. The summed E-state index contributed by atoms with van der Waals surface area (Å²) in [6.07, 6.45) is 3.92. The van der Waals surface area contributed by atoms with Crippen LogP contribution < -0.4 is 5.32 Å². The van der Waals surface area contributed by atoms with E-state index in [0.29, 0.717) is 0 Å². The van der Waals surface area contributed by atoms with Gasteiger partial charge in [-0.05, 0) is 51.5 Å². The van der Waals surface area contributed by atoms with Crippen molar-refractivity contribution < 1.29 is 0 Å². The molecule has 0 radical (unpaired) electrons. The second-order valence-electron chi connectivity index (χ2n) is 6.45. The third-order valence-electron chi connectivity index (χ3n) is 4.70. The lowest BCUT2D eigenvalue weighted by Crippen LogP contribution is -2.46. The monoisotopic (exact) mass is 273 g/mol. The van der Waals surface area contributed by atoms with Crippen molar-refractivity contribution >= 4 is 0 Å². The molecular formula is C17H27N3. The van der Waals surface area contributed by atoms with Gasteiger partial charge in [0.25, 0.3) is 0 Å². The van der Waals surface area contributed by atoms with Gasteiger partial charge in [0, 0.05) is 25.2 Å². The van der Waals surface area contributed by atoms with Crippen LogP contribution in [0.4, 0.5) is 0 Å². The molecule has 0 amide bonds. The third kappa shape index (κ3) is 3.81. The first-order valence-electron chi connectivity index (χ1n) is 8.00. The van der Waals surface area contributed by atoms with Gasteiger partial charge in [-0.25, -0.2) is 0 Å². The molecule has 0 saturated carbocycles. The normalized spacial score (nSPS) is 26.1. The fourth-order valence-corrected chi connectivity index (χ4v) is 3.50. The number of hydrogen-bond donors (Lipinski definition) is 1. The molecule has 1 aromatic carbocycles. The molecule has 0 aliphatic carbocycles. The minimum absolute atomic E-state index is 0.727. The van der Waals surface area contributed by atoms with Crippen LogP contribution in [0.25, 0.3) is 0 Å². The summed E-state index contributed by atoms with van der Waals surface area (Å²) in [6, 6.07) is 12.3. The van der Waals surface area contributed by atoms with Gasteiger partial charge in [0.15, 0.2) is 0 Å². The molecule has 1 aromatic rings. The highest BCUT2D eigenvalue weighted by Gasteiger charge is 2.25. The van der Waals surface area contributed by atoms with Crippen molar-refractivity contribution in [3.63, 3.8) is 0 Å². The van der Waals surface area contributed by atoms with E-state index < -0.39 is 0 Å². The van der Waals surface area contributed by atoms with Gasteiger partial charge < -0.3 is 10.2 Å². The lowest BCUT2D eigenvalue weighted by Gasteiger charge is -2.34. The number of piperidine rings is 1. The van der Waals surface area contributed by atoms with Crippen molar-refractivity contribution in [1.82, 2.24) is 15.1 Å². The van der Waals surface area contributed by atoms with E-state index in [2.05, 4.69) is 52.5 Å². The molecule has 0 bridgehead atoms. The summed E-state index contributed by atoms with van der Waals surface area (Å²) >= 11 is 0. The highest BCUT2D eigenvalue weighted by atomic mass is 15.2. The highest BCUT2D eigenvalue weighted by Crippen LogP contribution is 2.16. The Morgan fingerprint density at radius 2 is 1.70 bits per heavy atom. The zero-order valence-electron chi connectivity index (χ0n) is 12.6. The van der Waals surface area contributed by atoms with E-state index in [-0.39, 0.29) is 0 Å². The first-order valence-corrected chi connectivity index (χ1v) is 8.00. The van der Waals surface area contributed by atoms with Gasteiger partial charge in [-0.2, -0.15) is 0 Å². The van der Waals surface area contributed by atoms with Crippen LogP contribution in [-0.4, -0.2) is 55.1 Å². The fraction of sp³-hybridized carbons (Fsp3) is 0.647. The van der Waals surface area contributed by atoms with E-state index in [1.54, 1.807) is 0 Å². The summed E-state index contributed by atoms with van der Waals surface area (Å²) in [7, 11) is 2.23. The molecule has 2 aliphatic rings. The Hall–Kier alpha value is -0.900. The second kappa shape index (κ2) is 6.70. The molecular weight excluding hydrogens is 246 g/mol. The zero-order chi connectivity index (χ0) is 13.8. The van der Waals surface area contributed by atoms with E-state index in [4.69, 9.17) is 0 Å². The van der Waals surface area contributed by atoms with Crippen LogP contribution in [-0.2, 0) is 6.54 Å². The van der Waals surface area contributed by atoms with Crippen LogP contribution in [0.5, 0.6) is 0 Å². The molecule has 2 saturated heterocycles. The van der Waals surface area contributed by atoms with Gasteiger partial charge in [0.1, 0.15) is 0 Å². The Balaban J connectivity index is 1.41. The van der Waals surface area contributed by atoms with Crippen molar-refractivity contribution in [3.05, 3.63) is 35.9 Å². The van der Waals surface area contributed by atoms with Gasteiger partial charge in [-0.3, -0.25) is 4.90 Å². The summed E-state index contributed by atoms with van der Waals surface area (Å²) < 4.78 is 0. The van der Waals surface area contributed by atoms with Crippen LogP contribution in [0, 0.1) is 0 Å². The minimum Gasteiger partial charge on any atom is -0.310 e. The van der Waals surface area contributed by atoms with E-state index in [0.717, 1.165) is 18.6 Å². The maximum Gasteiger partial charge on any atom is 0.0233 e. The van der Waals surface area contributed by atoms with Crippen molar-refractivity contribution in [2.75, 3.05) is 33.2 Å². The number of hydrogen-bond acceptors (Lipinski definition) is 3. The molecule has 1 atom stereocenters. The fourth-order valence-electron chi connectivity index (χ4n) is 3.50. The molecule has 3 rings (SSSR count). The van der Waals surface area contributed by atoms with Gasteiger partial charge >= 0.3 is 0 Å². The van der Waals surface area contributed by atoms with Crippen molar-refractivity contribution in [2.45, 2.75) is 37.9 Å². The summed E-state index contributed by atoms with van der Waals surface area (Å²) in [6.45, 7) is 6.05. The Morgan fingerprint density at radius 1 is 1.00 bits per heavy atom. The predicted octanol–water partition coefficient (Wildman–Crippen LogP) is 1.94. The molecule has 1 N–H and O–H groups in total. The number of nitrogens with zero attached hydrogens (tertiary/aromatic N) is 2. The molecule has 20 heavy (non-hydrogen) atoms. The maximum atomic E-state index is 3.86. The van der Waals surface area contributed by atoms with Gasteiger partial charge in [-0.1, -0.05) is 30.3 Å². The lowest BCUT2D eigenvalue weighted by atomic mass is 10.0. The summed E-state index contributed by atoms with van der Waals surface area (Å²) in [5.74, 6) is 0. The van der Waals surface area contributed by atoms with E-state index in [9.17, 15) is 0 Å². The average molecular weight is 273 g/mol. The van der Waals surface area contributed by atoms with Crippen LogP contribution in [0.1, 0.15) is 24.8 Å². The Kier molecular flexibility index (Phi) is 4.71. The van der Waals surface area contributed by atoms with Crippen LogP contribution in [0.2, 0.25) is 0 Å². The molecule has 1 unspecified atom stereocenters. The Morgan fingerprint density at radius 3 is 2.35 bits per heavy atom. The van der Waals surface area contributed by atoms with E-state index >= 15 is 0 Å². The van der Waals surface area contributed by atoms with Crippen LogP contribution in [0.15, 0.2) is 30.3 Å². The topological polar surface area (TPSA) is 18.5 Å². The number of likely N-dealkylation sites (N-methyl/N-ethyl adjacent to an activating group) is 1. The Bertz CT molecular complexity index is 398. The van der Waals surface area contributed by atoms with E-state index in [1.165, 1.54) is 51.0 Å². The minimum atomic E-state index is 0.727. The van der Waals surface area contributed by atoms with Gasteiger partial charge in [0.05, 0.1) is 0 Å². The number of likely N-dealkylation sites (tertiary alicyclic amines) is 2. The summed E-state index contributed by atoms with van der Waals surface area (Å²) in [4.78, 5) is 5.02. The molecule has 3 nitrogen and oxygen atoms in total. The van der Waals surface area contributed by atoms with Gasteiger partial charge in [-0.15, -0.1) is 0 Å². The molecule has 2 fully saturated rings. The summed E-state index contributed by atoms with van der Waals surface area (Å²) in [5.41, 5.74) is 1.44. The lowest BCUT2D eigenvalue weighted by molar-refractivity contribution is 0.184. The van der Waals surface area contributed by atoms with Crippen LogP contribution in [0.3, 0.4) is 0 Å².